The zero-order chi connectivity index (χ0) is 19.5. The molecule has 0 radical (unpaired) electrons. The average molecular weight is 343 g/mol. The topological polar surface area (TPSA) is 48.9 Å². The van der Waals surface area contributed by atoms with Gasteiger partial charge in [0.2, 0.25) is 0 Å². The molecule has 3 heteroatoms. The minimum absolute atomic E-state index is 0.711. The van der Waals surface area contributed by atoms with Crippen molar-refractivity contribution in [2.75, 3.05) is 0 Å². The molecule has 0 atom stereocenters. The number of nitrogens with zero attached hydrogens (tertiary/aromatic N) is 1. The van der Waals surface area contributed by atoms with E-state index in [1.165, 1.54) is 16.6 Å². The van der Waals surface area contributed by atoms with Crippen molar-refractivity contribution in [3.8, 4) is 0 Å². The van der Waals surface area contributed by atoms with Gasteiger partial charge >= 0.3 is 0 Å². The molecule has 2 aromatic heterocycles. The van der Waals surface area contributed by atoms with Gasteiger partial charge in [-0.15, -0.1) is 0 Å². The van der Waals surface area contributed by atoms with E-state index in [0.717, 1.165) is 5.56 Å². The zero-order valence-corrected chi connectivity index (χ0v) is 17.0. The molecule has 25 heavy (non-hydrogen) atoms. The highest BCUT2D eigenvalue weighted by Gasteiger charge is 2.16. The third-order valence-electron chi connectivity index (χ3n) is 3.20. The lowest BCUT2D eigenvalue weighted by Crippen LogP contribution is -2.17. The third kappa shape index (κ3) is 7.99. The number of rotatable bonds is 1. The molecule has 2 heterocycles. The first-order valence-electron chi connectivity index (χ1n) is 9.06. The number of aromatic amines is 1. The van der Waals surface area contributed by atoms with Gasteiger partial charge in [-0.1, -0.05) is 52.0 Å². The Bertz CT molecular complexity index is 674. The lowest BCUT2D eigenvalue weighted by atomic mass is 10.0. The summed E-state index contributed by atoms with van der Waals surface area (Å²) in [6.07, 6.45) is 1.76. The molecule has 3 nitrogen and oxygen atoms in total. The zero-order valence-electron chi connectivity index (χ0n) is 17.0. The molecule has 3 rings (SSSR count). The molecule has 0 unspecified atom stereocenters. The van der Waals surface area contributed by atoms with Crippen molar-refractivity contribution in [3.05, 3.63) is 65.6 Å². The van der Waals surface area contributed by atoms with Crippen molar-refractivity contribution < 1.29 is 5.11 Å². The number of nitrogens with one attached hydrogen (secondary N) is 1. The number of hydrogen-bond donors (Lipinski definition) is 2. The number of H-pyrrole nitrogens is 1. The number of aliphatic hydroxyl groups is 1. The summed E-state index contributed by atoms with van der Waals surface area (Å²) in [6.45, 7) is 15.5. The van der Waals surface area contributed by atoms with Crippen LogP contribution in [0.2, 0.25) is 0 Å². The second kappa shape index (κ2) is 11.4. The van der Waals surface area contributed by atoms with Crippen LogP contribution in [-0.2, 0) is 5.60 Å². The molecule has 0 aliphatic rings. The lowest BCUT2D eigenvalue weighted by Gasteiger charge is -2.15. The third-order valence-corrected chi connectivity index (χ3v) is 3.20. The Kier molecular flexibility index (Phi) is 10.5. The predicted molar refractivity (Wildman–Crippen MR) is 110 cm³/mol. The second-order valence-electron chi connectivity index (χ2n) is 5.82. The van der Waals surface area contributed by atoms with E-state index in [-0.39, 0.29) is 0 Å². The monoisotopic (exact) mass is 342 g/mol. The van der Waals surface area contributed by atoms with Gasteiger partial charge in [0.25, 0.3) is 0 Å². The van der Waals surface area contributed by atoms with Crippen LogP contribution in [0.25, 0.3) is 10.9 Å². The van der Waals surface area contributed by atoms with Gasteiger partial charge in [-0.25, -0.2) is 0 Å². The maximum atomic E-state index is 9.52. The standard InChI is InChI=1S/C9H13NO.C9H9N.2C2H6/c1-7-4-5-8(10-6-7)9(2,3)11;1-7-6-8-4-2-3-5-9(8)10-7;2*1-2/h4-6,11H,1-3H3;2-6,10H,1H3;2*1-2H3. The Morgan fingerprint density at radius 3 is 2.00 bits per heavy atom. The van der Waals surface area contributed by atoms with Gasteiger partial charge in [-0.05, 0) is 56.8 Å². The van der Waals surface area contributed by atoms with E-state index in [1.807, 2.05) is 52.8 Å². The molecule has 0 aliphatic heterocycles. The van der Waals surface area contributed by atoms with Crippen molar-refractivity contribution in [3.63, 3.8) is 0 Å². The Labute approximate surface area is 153 Å². The fraction of sp³-hybridized carbons (Fsp3) is 0.409. The summed E-state index contributed by atoms with van der Waals surface area (Å²) in [7, 11) is 0. The molecule has 0 aliphatic carbocycles. The number of pyridine rings is 1. The van der Waals surface area contributed by atoms with E-state index in [2.05, 4.69) is 41.2 Å². The quantitative estimate of drug-likeness (QED) is 0.557. The van der Waals surface area contributed by atoms with Gasteiger partial charge in [0.1, 0.15) is 5.60 Å². The minimum atomic E-state index is -0.826. The molecule has 138 valence electrons. The highest BCUT2D eigenvalue weighted by molar-refractivity contribution is 5.79. The summed E-state index contributed by atoms with van der Waals surface area (Å²) in [5.74, 6) is 0. The Hall–Kier alpha value is -2.13. The molecule has 0 spiro atoms. The molecular formula is C22H34N2O. The highest BCUT2D eigenvalue weighted by atomic mass is 16.3. The van der Waals surface area contributed by atoms with Crippen molar-refractivity contribution in [2.24, 2.45) is 0 Å². The van der Waals surface area contributed by atoms with Crippen LogP contribution in [0.5, 0.6) is 0 Å². The second-order valence-corrected chi connectivity index (χ2v) is 5.82. The number of fused-ring (bicyclic) bond motifs is 1. The number of para-hydroxylation sites is 1. The van der Waals surface area contributed by atoms with Crippen molar-refractivity contribution in [2.45, 2.75) is 61.0 Å². The van der Waals surface area contributed by atoms with E-state index in [9.17, 15) is 5.11 Å². The molecule has 0 saturated carbocycles. The Morgan fingerprint density at radius 1 is 0.920 bits per heavy atom. The van der Waals surface area contributed by atoms with Gasteiger partial charge < -0.3 is 10.1 Å². The summed E-state index contributed by atoms with van der Waals surface area (Å²) < 4.78 is 0. The maximum absolute atomic E-state index is 9.52. The number of benzene rings is 1. The summed E-state index contributed by atoms with van der Waals surface area (Å²) >= 11 is 0. The summed E-state index contributed by atoms with van der Waals surface area (Å²) in [6, 6.07) is 14.2. The van der Waals surface area contributed by atoms with Crippen LogP contribution in [0.1, 0.15) is 58.5 Å². The molecule has 0 fully saturated rings. The van der Waals surface area contributed by atoms with Crippen LogP contribution in [0.3, 0.4) is 0 Å². The first-order chi connectivity index (χ1) is 11.9. The summed E-state index contributed by atoms with van der Waals surface area (Å²) in [5, 5.41) is 10.8. The highest BCUT2D eigenvalue weighted by Crippen LogP contribution is 2.16. The lowest BCUT2D eigenvalue weighted by molar-refractivity contribution is 0.0738. The molecule has 0 bridgehead atoms. The summed E-state index contributed by atoms with van der Waals surface area (Å²) in [4.78, 5) is 7.36. The average Bonchev–Trinajstić information content (AvgIpc) is 2.99. The Morgan fingerprint density at radius 2 is 1.52 bits per heavy atom. The van der Waals surface area contributed by atoms with E-state index in [1.54, 1.807) is 20.0 Å². The predicted octanol–water partition coefficient (Wildman–Crippen LogP) is 6.15. The molecule has 0 amide bonds. The SMILES string of the molecule is CC.CC.Cc1cc2ccccc2[nH]1.Cc1ccc(C(C)(C)O)nc1. The number of hydrogen-bond acceptors (Lipinski definition) is 2. The van der Waals surface area contributed by atoms with Gasteiger partial charge in [-0.3, -0.25) is 4.98 Å². The largest absolute Gasteiger partial charge is 0.384 e. The maximum Gasteiger partial charge on any atom is 0.101 e. The molecule has 0 saturated heterocycles. The van der Waals surface area contributed by atoms with Crippen molar-refractivity contribution in [1.29, 1.82) is 0 Å². The van der Waals surface area contributed by atoms with Crippen LogP contribution >= 0.6 is 0 Å². The fourth-order valence-electron chi connectivity index (χ4n) is 2.05. The van der Waals surface area contributed by atoms with Crippen LogP contribution < -0.4 is 0 Å². The molecule has 3 aromatic rings. The van der Waals surface area contributed by atoms with Crippen molar-refractivity contribution >= 4 is 10.9 Å². The molecule has 1 aromatic carbocycles. The van der Waals surface area contributed by atoms with Gasteiger partial charge in [0, 0.05) is 17.4 Å². The minimum Gasteiger partial charge on any atom is -0.384 e. The van der Waals surface area contributed by atoms with E-state index >= 15 is 0 Å². The van der Waals surface area contributed by atoms with Gasteiger partial charge in [-0.2, -0.15) is 0 Å². The molecular weight excluding hydrogens is 308 g/mol. The first-order valence-corrected chi connectivity index (χ1v) is 9.06. The van der Waals surface area contributed by atoms with E-state index < -0.39 is 5.60 Å². The van der Waals surface area contributed by atoms with E-state index in [0.29, 0.717) is 5.69 Å². The normalized spacial score (nSPS) is 9.80. The van der Waals surface area contributed by atoms with Crippen LogP contribution in [0.15, 0.2) is 48.7 Å². The fourth-order valence-corrected chi connectivity index (χ4v) is 2.05. The van der Waals surface area contributed by atoms with Crippen LogP contribution in [0.4, 0.5) is 0 Å². The molecule has 2 N–H and O–H groups in total. The number of aromatic nitrogens is 2. The van der Waals surface area contributed by atoms with Crippen molar-refractivity contribution in [1.82, 2.24) is 9.97 Å². The first kappa shape index (κ1) is 22.9. The van der Waals surface area contributed by atoms with Crippen LogP contribution in [-0.4, -0.2) is 15.1 Å². The number of aryl methyl sites for hydroxylation is 2. The van der Waals surface area contributed by atoms with Crippen LogP contribution in [0, 0.1) is 13.8 Å². The summed E-state index contributed by atoms with van der Waals surface area (Å²) in [5.41, 5.74) is 3.44. The Balaban J connectivity index is 0.000000385. The van der Waals surface area contributed by atoms with E-state index in [4.69, 9.17) is 0 Å². The smallest absolute Gasteiger partial charge is 0.101 e. The van der Waals surface area contributed by atoms with Gasteiger partial charge in [0.15, 0.2) is 0 Å². The van der Waals surface area contributed by atoms with Gasteiger partial charge in [0.05, 0.1) is 5.69 Å².